The summed E-state index contributed by atoms with van der Waals surface area (Å²) in [4.78, 5) is 71.1. The van der Waals surface area contributed by atoms with E-state index in [0.29, 0.717) is 13.0 Å². The number of rotatable bonds is 7. The Kier molecular flexibility index (Phi) is 8.98. The number of ether oxygens (including phenoxy) is 2. The van der Waals surface area contributed by atoms with Crippen molar-refractivity contribution in [3.05, 3.63) is 72.3 Å². The van der Waals surface area contributed by atoms with Gasteiger partial charge in [0.2, 0.25) is 11.8 Å². The van der Waals surface area contributed by atoms with Crippen molar-refractivity contribution in [2.45, 2.75) is 82.1 Å². The fourth-order valence-corrected chi connectivity index (χ4v) is 8.37. The number of amides is 4. The lowest BCUT2D eigenvalue weighted by Crippen LogP contribution is -2.55. The van der Waals surface area contributed by atoms with Crippen LogP contribution in [0.3, 0.4) is 0 Å². The molecule has 0 saturated carbocycles. The lowest BCUT2D eigenvalue weighted by Gasteiger charge is -2.37. The molecule has 3 aliphatic rings. The molecule has 5 heterocycles. The number of likely N-dealkylation sites (tertiary alicyclic amines) is 1. The molecule has 5 aromatic rings. The molecule has 2 aromatic heterocycles. The second-order valence-electron chi connectivity index (χ2n) is 14.9. The number of hydrogen-bond donors (Lipinski definition) is 4. The minimum Gasteiger partial charge on any atom is -0.453 e. The Morgan fingerprint density at radius 2 is 1.30 bits per heavy atom. The summed E-state index contributed by atoms with van der Waals surface area (Å²) in [5.41, 5.74) is 6.49. The highest BCUT2D eigenvalue weighted by Crippen LogP contribution is 2.41. The Bertz CT molecular complexity index is 2260. The Morgan fingerprint density at radius 3 is 1.89 bits per heavy atom. The summed E-state index contributed by atoms with van der Waals surface area (Å²) in [6, 6.07) is 19.8. The number of hydrogen-bond acceptors (Lipinski definition) is 8. The van der Waals surface area contributed by atoms with Gasteiger partial charge in [0.15, 0.2) is 0 Å². The highest BCUT2D eigenvalue weighted by atomic mass is 16.5. The summed E-state index contributed by atoms with van der Waals surface area (Å²) in [6.45, 7) is 3.94. The van der Waals surface area contributed by atoms with Gasteiger partial charge in [-0.15, -0.1) is 0 Å². The van der Waals surface area contributed by atoms with Gasteiger partial charge in [0, 0.05) is 12.6 Å². The molecule has 3 fully saturated rings. The van der Waals surface area contributed by atoms with Crippen molar-refractivity contribution in [1.82, 2.24) is 40.4 Å². The van der Waals surface area contributed by atoms with Crippen molar-refractivity contribution in [1.29, 1.82) is 0 Å². The number of carbonyl (C=O) groups excluding carboxylic acids is 4. The second kappa shape index (κ2) is 13.8. The van der Waals surface area contributed by atoms with Crippen LogP contribution >= 0.6 is 0 Å². The van der Waals surface area contributed by atoms with E-state index in [1.807, 2.05) is 17.0 Å². The molecule has 0 bridgehead atoms. The van der Waals surface area contributed by atoms with Crippen LogP contribution in [0.15, 0.2) is 60.7 Å². The fraction of sp³-hybridized carbons (Fsp3) is 0.400. The summed E-state index contributed by atoms with van der Waals surface area (Å²) in [6.07, 6.45) is 3.51. The summed E-state index contributed by atoms with van der Waals surface area (Å²) in [5, 5.41) is 5.34. The monoisotopic (exact) mass is 732 g/mol. The average Bonchev–Trinajstić information content (AvgIpc) is 3.99. The van der Waals surface area contributed by atoms with Gasteiger partial charge in [0.1, 0.15) is 23.2 Å². The molecule has 4 N–H and O–H groups in total. The van der Waals surface area contributed by atoms with E-state index in [9.17, 15) is 19.2 Å². The topological polar surface area (TPSA) is 175 Å². The zero-order chi connectivity index (χ0) is 37.7. The van der Waals surface area contributed by atoms with E-state index in [4.69, 9.17) is 19.4 Å². The Hall–Kier alpha value is -5.92. The highest BCUT2D eigenvalue weighted by Gasteiger charge is 2.45. The first-order valence-electron chi connectivity index (χ1n) is 18.5. The molecule has 0 spiro atoms. The van der Waals surface area contributed by atoms with Crippen LogP contribution in [0.25, 0.3) is 44.3 Å². The van der Waals surface area contributed by atoms with Gasteiger partial charge in [-0.1, -0.05) is 36.4 Å². The van der Waals surface area contributed by atoms with E-state index < -0.39 is 23.8 Å². The number of imidazole rings is 2. The van der Waals surface area contributed by atoms with Gasteiger partial charge in [-0.3, -0.25) is 9.59 Å². The fourth-order valence-electron chi connectivity index (χ4n) is 8.37. The molecule has 3 aliphatic heterocycles. The zero-order valence-corrected chi connectivity index (χ0v) is 30.8. The minimum absolute atomic E-state index is 0.0876. The first kappa shape index (κ1) is 35.1. The first-order chi connectivity index (χ1) is 26.0. The molecule has 3 aromatic carbocycles. The van der Waals surface area contributed by atoms with E-state index in [1.165, 1.54) is 14.2 Å². The number of methoxy groups -OCH3 is 2. The Morgan fingerprint density at radius 1 is 0.741 bits per heavy atom. The van der Waals surface area contributed by atoms with Crippen LogP contribution in [0.4, 0.5) is 9.59 Å². The number of aromatic amines is 2. The number of piperidine rings is 1. The number of nitrogens with one attached hydrogen (secondary N) is 4. The largest absolute Gasteiger partial charge is 0.453 e. The summed E-state index contributed by atoms with van der Waals surface area (Å²) < 4.78 is 9.46. The molecule has 54 heavy (non-hydrogen) atoms. The molecule has 0 aliphatic carbocycles. The van der Waals surface area contributed by atoms with E-state index in [1.54, 1.807) is 18.7 Å². The molecular formula is C40H44N8O6. The molecular weight excluding hydrogens is 688 g/mol. The summed E-state index contributed by atoms with van der Waals surface area (Å²) in [5.74, 6) is 1.21. The average molecular weight is 733 g/mol. The number of H-pyrrole nitrogens is 2. The van der Waals surface area contributed by atoms with Gasteiger partial charge < -0.3 is 39.9 Å². The van der Waals surface area contributed by atoms with Gasteiger partial charge in [-0.05, 0) is 98.9 Å². The summed E-state index contributed by atoms with van der Waals surface area (Å²) >= 11 is 0. The van der Waals surface area contributed by atoms with Crippen molar-refractivity contribution < 1.29 is 28.7 Å². The number of carbonyl (C=O) groups is 4. The number of nitrogens with zero attached hydrogens (tertiary/aromatic N) is 4. The lowest BCUT2D eigenvalue weighted by molar-refractivity contribution is -0.140. The zero-order valence-electron chi connectivity index (χ0n) is 30.8. The van der Waals surface area contributed by atoms with Crippen LogP contribution in [0.1, 0.15) is 76.1 Å². The van der Waals surface area contributed by atoms with Crippen LogP contribution in [-0.2, 0) is 19.1 Å². The maximum absolute atomic E-state index is 13.5. The van der Waals surface area contributed by atoms with Crippen LogP contribution in [0.5, 0.6) is 0 Å². The SMILES string of the molecule is COC(=O)N[C@H]1CC[C@H]2CC[C@@H](c3nc4ccc(-c5ccc(-c6ccc7nc([C@@H]8CCCN8C(=O)C(C)(C)NC(=O)OC)[nH]c7c6)cc5)cc4[nH]3)N2C1=O. The van der Waals surface area contributed by atoms with Crippen molar-refractivity contribution in [2.24, 2.45) is 0 Å². The predicted molar refractivity (Wildman–Crippen MR) is 201 cm³/mol. The predicted octanol–water partition coefficient (Wildman–Crippen LogP) is 6.12. The van der Waals surface area contributed by atoms with Gasteiger partial charge in [0.25, 0.3) is 0 Å². The number of fused-ring (bicyclic) bond motifs is 3. The second-order valence-corrected chi connectivity index (χ2v) is 14.9. The standard InChI is InChI=1S/C40H44N8O6/c1-40(2,46-39(52)54-4)37(50)47-19-5-6-32(47)34-41-27-15-11-24(20-30(27)43-34)22-7-9-23(10-8-22)25-12-16-28-31(21-25)44-35(42-28)33-18-14-26-13-17-29(36(49)48(26)33)45-38(51)53-3/h7-12,15-16,20-21,26,29,32-33H,5-6,13-14,17-19H2,1-4H3,(H,41,43)(H,42,44)(H,45,51)(H,46,52)/t26-,29-,32-,33-/m0/s1. The molecule has 4 atom stereocenters. The third kappa shape index (κ3) is 6.39. The minimum atomic E-state index is -1.13. The Labute approximate surface area is 312 Å². The third-order valence-corrected chi connectivity index (χ3v) is 11.2. The lowest BCUT2D eigenvalue weighted by atomic mass is 9.98. The molecule has 280 valence electrons. The van der Waals surface area contributed by atoms with Gasteiger partial charge >= 0.3 is 12.2 Å². The van der Waals surface area contributed by atoms with E-state index in [-0.39, 0.29) is 29.9 Å². The van der Waals surface area contributed by atoms with E-state index >= 15 is 0 Å². The van der Waals surface area contributed by atoms with Crippen LogP contribution < -0.4 is 10.6 Å². The normalized spacial score (nSPS) is 21.4. The van der Waals surface area contributed by atoms with E-state index in [2.05, 4.69) is 69.1 Å². The van der Waals surface area contributed by atoms with Crippen molar-refractivity contribution >= 4 is 46.1 Å². The van der Waals surface area contributed by atoms with Crippen molar-refractivity contribution in [2.75, 3.05) is 20.8 Å². The van der Waals surface area contributed by atoms with Gasteiger partial charge in [-0.2, -0.15) is 0 Å². The molecule has 14 heteroatoms. The van der Waals surface area contributed by atoms with E-state index in [0.717, 1.165) is 88.1 Å². The van der Waals surface area contributed by atoms with Crippen LogP contribution in [0, 0.1) is 0 Å². The molecule has 0 unspecified atom stereocenters. The van der Waals surface area contributed by atoms with Crippen molar-refractivity contribution in [3.8, 4) is 22.3 Å². The number of aromatic nitrogens is 4. The molecule has 4 amide bonds. The first-order valence-corrected chi connectivity index (χ1v) is 18.5. The van der Waals surface area contributed by atoms with Crippen molar-refractivity contribution in [3.63, 3.8) is 0 Å². The quantitative estimate of drug-likeness (QED) is 0.155. The number of alkyl carbamates (subject to hydrolysis) is 2. The van der Waals surface area contributed by atoms with Crippen LogP contribution in [0.2, 0.25) is 0 Å². The highest BCUT2D eigenvalue weighted by molar-refractivity contribution is 5.90. The summed E-state index contributed by atoms with van der Waals surface area (Å²) in [7, 11) is 2.58. The van der Waals surface area contributed by atoms with Crippen LogP contribution in [-0.4, -0.2) is 92.1 Å². The van der Waals surface area contributed by atoms with Gasteiger partial charge in [-0.25, -0.2) is 19.6 Å². The molecule has 3 saturated heterocycles. The Balaban J connectivity index is 0.979. The van der Waals surface area contributed by atoms with Gasteiger partial charge in [0.05, 0.1) is 48.4 Å². The smallest absolute Gasteiger partial charge is 0.407 e. The molecule has 8 rings (SSSR count). The number of benzene rings is 3. The maximum atomic E-state index is 13.5. The molecule has 0 radical (unpaired) electrons. The maximum Gasteiger partial charge on any atom is 0.407 e. The third-order valence-electron chi connectivity index (χ3n) is 11.2. The molecule has 14 nitrogen and oxygen atoms in total.